The van der Waals surface area contributed by atoms with Crippen molar-refractivity contribution < 1.29 is 13.6 Å². The van der Waals surface area contributed by atoms with E-state index < -0.39 is 0 Å². The molecule has 1 fully saturated rings. The first-order valence-electron chi connectivity index (χ1n) is 7.04. The molecule has 0 saturated carbocycles. The minimum absolute atomic E-state index is 0.0695. The molecular formula is C15H16FN3O2. The van der Waals surface area contributed by atoms with Crippen molar-refractivity contribution in [2.45, 2.75) is 31.8 Å². The largest absolute Gasteiger partial charge is 0.419 e. The summed E-state index contributed by atoms with van der Waals surface area (Å²) in [6.45, 7) is 1.33. The normalized spacial score (nSPS) is 19.6. The first-order valence-corrected chi connectivity index (χ1v) is 7.04. The Morgan fingerprint density at radius 2 is 2.10 bits per heavy atom. The van der Waals surface area contributed by atoms with Crippen molar-refractivity contribution >= 4 is 6.29 Å². The Hall–Kier alpha value is -2.08. The minimum atomic E-state index is -0.305. The van der Waals surface area contributed by atoms with Gasteiger partial charge in [0.25, 0.3) is 0 Å². The van der Waals surface area contributed by atoms with Gasteiger partial charge < -0.3 is 9.21 Å². The third kappa shape index (κ3) is 3.16. The lowest BCUT2D eigenvalue weighted by Crippen LogP contribution is -2.39. The second kappa shape index (κ2) is 6.13. The molecule has 3 rings (SSSR count). The number of nitrogens with zero attached hydrogens (tertiary/aromatic N) is 3. The summed E-state index contributed by atoms with van der Waals surface area (Å²) >= 11 is 0. The number of benzene rings is 1. The third-order valence-corrected chi connectivity index (χ3v) is 3.72. The van der Waals surface area contributed by atoms with E-state index in [9.17, 15) is 9.18 Å². The van der Waals surface area contributed by atoms with Crippen LogP contribution in [0.5, 0.6) is 0 Å². The number of piperidine rings is 1. The molecule has 21 heavy (non-hydrogen) atoms. The van der Waals surface area contributed by atoms with Crippen molar-refractivity contribution in [3.8, 4) is 11.5 Å². The highest BCUT2D eigenvalue weighted by Crippen LogP contribution is 2.21. The number of hydrogen-bond donors (Lipinski definition) is 0. The van der Waals surface area contributed by atoms with Crippen LogP contribution in [0.15, 0.2) is 28.7 Å². The molecule has 0 aliphatic carbocycles. The maximum Gasteiger partial charge on any atom is 0.247 e. The predicted octanol–water partition coefficient (Wildman–Crippen LogP) is 2.43. The fraction of sp³-hybridized carbons (Fsp3) is 0.400. The Kier molecular flexibility index (Phi) is 4.06. The molecule has 0 N–H and O–H groups in total. The van der Waals surface area contributed by atoms with Crippen molar-refractivity contribution in [1.29, 1.82) is 0 Å². The average molecular weight is 289 g/mol. The number of carbonyl (C=O) groups excluding carboxylic acids is 1. The van der Waals surface area contributed by atoms with Gasteiger partial charge in [-0.25, -0.2) is 4.39 Å². The zero-order valence-corrected chi connectivity index (χ0v) is 11.5. The van der Waals surface area contributed by atoms with Crippen LogP contribution in [0.2, 0.25) is 0 Å². The van der Waals surface area contributed by atoms with Gasteiger partial charge in [-0.2, -0.15) is 0 Å². The van der Waals surface area contributed by atoms with E-state index in [1.807, 2.05) is 0 Å². The van der Waals surface area contributed by atoms with Gasteiger partial charge in [-0.3, -0.25) is 4.90 Å². The number of likely N-dealkylation sites (tertiary alicyclic amines) is 1. The first kappa shape index (κ1) is 13.9. The lowest BCUT2D eigenvalue weighted by molar-refractivity contribution is -0.113. The van der Waals surface area contributed by atoms with E-state index >= 15 is 0 Å². The number of carbonyl (C=O) groups is 1. The average Bonchev–Trinajstić information content (AvgIpc) is 2.97. The molecule has 2 aromatic rings. The number of aromatic nitrogens is 2. The quantitative estimate of drug-likeness (QED) is 0.809. The molecular weight excluding hydrogens is 273 g/mol. The Morgan fingerprint density at radius 3 is 2.86 bits per heavy atom. The molecule has 0 spiro atoms. The van der Waals surface area contributed by atoms with Crippen molar-refractivity contribution in [3.05, 3.63) is 36.0 Å². The zero-order valence-electron chi connectivity index (χ0n) is 11.5. The van der Waals surface area contributed by atoms with Crippen molar-refractivity contribution in [2.75, 3.05) is 6.54 Å². The van der Waals surface area contributed by atoms with Crippen LogP contribution in [-0.2, 0) is 11.3 Å². The molecule has 1 aromatic heterocycles. The monoisotopic (exact) mass is 289 g/mol. The molecule has 2 heterocycles. The molecule has 6 heteroatoms. The molecule has 1 aliphatic heterocycles. The molecule has 0 bridgehead atoms. The molecule has 1 unspecified atom stereocenters. The van der Waals surface area contributed by atoms with E-state index in [1.165, 1.54) is 12.1 Å². The van der Waals surface area contributed by atoms with Crippen molar-refractivity contribution in [1.82, 2.24) is 15.1 Å². The van der Waals surface area contributed by atoms with E-state index in [1.54, 1.807) is 12.1 Å². The van der Waals surface area contributed by atoms with Crippen LogP contribution < -0.4 is 0 Å². The van der Waals surface area contributed by atoms with Crippen LogP contribution >= 0.6 is 0 Å². The van der Waals surface area contributed by atoms with Gasteiger partial charge in [0.15, 0.2) is 0 Å². The molecule has 0 amide bonds. The topological polar surface area (TPSA) is 59.2 Å². The van der Waals surface area contributed by atoms with Gasteiger partial charge in [0, 0.05) is 5.56 Å². The Bertz CT molecular complexity index is 612. The molecule has 1 aromatic carbocycles. The summed E-state index contributed by atoms with van der Waals surface area (Å²) in [5.41, 5.74) is 0.681. The van der Waals surface area contributed by atoms with Gasteiger partial charge in [0.05, 0.1) is 12.6 Å². The molecule has 1 saturated heterocycles. The molecule has 0 radical (unpaired) electrons. The van der Waals surface area contributed by atoms with Gasteiger partial charge in [0.1, 0.15) is 12.1 Å². The van der Waals surface area contributed by atoms with Crippen LogP contribution in [0, 0.1) is 5.82 Å². The van der Waals surface area contributed by atoms with Crippen LogP contribution in [0.1, 0.15) is 25.2 Å². The smallest absolute Gasteiger partial charge is 0.247 e. The van der Waals surface area contributed by atoms with E-state index in [4.69, 9.17) is 4.42 Å². The fourth-order valence-electron chi connectivity index (χ4n) is 2.57. The third-order valence-electron chi connectivity index (χ3n) is 3.72. The lowest BCUT2D eigenvalue weighted by Gasteiger charge is -2.30. The summed E-state index contributed by atoms with van der Waals surface area (Å²) in [6.07, 6.45) is 4.01. The maximum atomic E-state index is 12.9. The number of hydrogen-bond acceptors (Lipinski definition) is 5. The highest BCUT2D eigenvalue weighted by atomic mass is 19.1. The van der Waals surface area contributed by atoms with Crippen LogP contribution in [0.4, 0.5) is 4.39 Å². The van der Waals surface area contributed by atoms with Crippen LogP contribution in [0.3, 0.4) is 0 Å². The Morgan fingerprint density at radius 1 is 1.29 bits per heavy atom. The van der Waals surface area contributed by atoms with Gasteiger partial charge in [-0.15, -0.1) is 10.2 Å². The van der Waals surface area contributed by atoms with Crippen LogP contribution in [0.25, 0.3) is 11.5 Å². The number of aldehydes is 1. The first-order chi connectivity index (χ1) is 10.3. The number of rotatable bonds is 4. The second-order valence-electron chi connectivity index (χ2n) is 5.18. The second-order valence-corrected chi connectivity index (χ2v) is 5.18. The van der Waals surface area contributed by atoms with E-state index in [0.29, 0.717) is 23.9 Å². The van der Waals surface area contributed by atoms with Gasteiger partial charge in [-0.05, 0) is 43.7 Å². The predicted molar refractivity (Wildman–Crippen MR) is 73.8 cm³/mol. The lowest BCUT2D eigenvalue weighted by atomic mass is 10.0. The van der Waals surface area contributed by atoms with Gasteiger partial charge in [0.2, 0.25) is 11.8 Å². The van der Waals surface area contributed by atoms with E-state index in [0.717, 1.165) is 32.1 Å². The maximum absolute atomic E-state index is 12.9. The van der Waals surface area contributed by atoms with Crippen molar-refractivity contribution in [3.63, 3.8) is 0 Å². The van der Waals surface area contributed by atoms with Gasteiger partial charge >= 0.3 is 0 Å². The standard InChI is InChI=1S/C15H16FN3O2/c16-12-6-4-11(5-7-12)15-18-17-14(21-15)9-19-8-2-1-3-13(19)10-20/h4-7,10,13H,1-3,8-9H2. The summed E-state index contributed by atoms with van der Waals surface area (Å²) in [7, 11) is 0. The summed E-state index contributed by atoms with van der Waals surface area (Å²) in [6, 6.07) is 5.84. The van der Waals surface area contributed by atoms with E-state index in [2.05, 4.69) is 15.1 Å². The van der Waals surface area contributed by atoms with Crippen LogP contribution in [-0.4, -0.2) is 34.0 Å². The SMILES string of the molecule is O=CC1CCCCN1Cc1nnc(-c2ccc(F)cc2)o1. The van der Waals surface area contributed by atoms with Gasteiger partial charge in [-0.1, -0.05) is 6.42 Å². The highest BCUT2D eigenvalue weighted by molar-refractivity contribution is 5.57. The number of halogens is 1. The summed E-state index contributed by atoms with van der Waals surface area (Å²) in [4.78, 5) is 13.1. The summed E-state index contributed by atoms with van der Waals surface area (Å²) in [5.74, 6) is 0.536. The van der Waals surface area contributed by atoms with Crippen molar-refractivity contribution in [2.24, 2.45) is 0 Å². The highest BCUT2D eigenvalue weighted by Gasteiger charge is 2.23. The molecule has 1 aliphatic rings. The summed E-state index contributed by atoms with van der Waals surface area (Å²) in [5, 5.41) is 7.99. The molecule has 110 valence electrons. The Labute approximate surface area is 121 Å². The van der Waals surface area contributed by atoms with E-state index in [-0.39, 0.29) is 11.9 Å². The Balaban J connectivity index is 1.72. The molecule has 1 atom stereocenters. The fourth-order valence-corrected chi connectivity index (χ4v) is 2.57. The summed E-state index contributed by atoms with van der Waals surface area (Å²) < 4.78 is 18.5. The minimum Gasteiger partial charge on any atom is -0.419 e. The zero-order chi connectivity index (χ0) is 14.7. The molecule has 5 nitrogen and oxygen atoms in total.